The van der Waals surface area contributed by atoms with Crippen molar-refractivity contribution in [2.45, 2.75) is 24.9 Å². The summed E-state index contributed by atoms with van der Waals surface area (Å²) in [7, 11) is 1.44. The Morgan fingerprint density at radius 3 is 2.86 bits per heavy atom. The van der Waals surface area contributed by atoms with Crippen molar-refractivity contribution in [2.24, 2.45) is 7.05 Å². The molecule has 3 atom stereocenters. The number of aliphatic hydroxyl groups excluding tert-OH is 2. The lowest BCUT2D eigenvalue weighted by atomic mass is 10.2. The van der Waals surface area contributed by atoms with Crippen molar-refractivity contribution in [2.75, 3.05) is 12.3 Å². The first-order chi connectivity index (χ1) is 10.4. The van der Waals surface area contributed by atoms with Crippen LogP contribution >= 0.6 is 0 Å². The Morgan fingerprint density at radius 2 is 2.23 bits per heavy atom. The molecule has 0 amide bonds. The van der Waals surface area contributed by atoms with E-state index in [4.69, 9.17) is 15.6 Å². The van der Waals surface area contributed by atoms with Crippen LogP contribution in [0.3, 0.4) is 0 Å². The molecule has 3 rings (SSSR count). The third-order valence-corrected chi connectivity index (χ3v) is 3.72. The number of nitrogens with zero attached hydrogens (tertiary/aromatic N) is 4. The minimum Gasteiger partial charge on any atom is -0.394 e. The number of aromatic nitrogens is 4. The van der Waals surface area contributed by atoms with Gasteiger partial charge in [-0.3, -0.25) is 18.7 Å². The smallest absolute Gasteiger partial charge is 0.282 e. The zero-order chi connectivity index (χ0) is 16.0. The van der Waals surface area contributed by atoms with Crippen molar-refractivity contribution in [3.05, 3.63) is 26.9 Å². The molecule has 10 heteroatoms. The molecule has 0 spiro atoms. The molecule has 0 aliphatic carbocycles. The van der Waals surface area contributed by atoms with Crippen LogP contribution in [0.15, 0.2) is 15.8 Å². The maximum atomic E-state index is 12.1. The predicted molar refractivity (Wildman–Crippen MR) is 75.1 cm³/mol. The van der Waals surface area contributed by atoms with Gasteiger partial charge in [0.05, 0.1) is 18.9 Å². The fraction of sp³-hybridized carbons (Fsp3) is 0.500. The number of fused-ring (bicyclic) bond motifs is 1. The van der Waals surface area contributed by atoms with Crippen LogP contribution < -0.4 is 16.9 Å². The monoisotopic (exact) mass is 309 g/mol. The van der Waals surface area contributed by atoms with Crippen LogP contribution in [-0.4, -0.2) is 48.1 Å². The van der Waals surface area contributed by atoms with Crippen LogP contribution in [0.1, 0.15) is 12.6 Å². The fourth-order valence-corrected chi connectivity index (χ4v) is 2.48. The Hall–Kier alpha value is -2.30. The standard InChI is InChI=1S/C12H15N5O5/c1-16-11(21)9-10(15-12(16)13)17(7(20)3-14-9)8-2-5(19)6(4-18)22-8/h3,5-6,8,18-19H,2,4H2,1H3,(H2,13,15)/t5?,6-,8-/m1/s1. The van der Waals surface area contributed by atoms with E-state index in [2.05, 4.69) is 9.97 Å². The lowest BCUT2D eigenvalue weighted by Crippen LogP contribution is -2.31. The molecule has 0 bridgehead atoms. The molecule has 3 heterocycles. The van der Waals surface area contributed by atoms with Gasteiger partial charge in [0.15, 0.2) is 11.2 Å². The van der Waals surface area contributed by atoms with Crippen molar-refractivity contribution in [3.63, 3.8) is 0 Å². The molecule has 0 aromatic carbocycles. The van der Waals surface area contributed by atoms with E-state index >= 15 is 0 Å². The molecular weight excluding hydrogens is 294 g/mol. The molecule has 0 saturated carbocycles. The molecule has 4 N–H and O–H groups in total. The van der Waals surface area contributed by atoms with Gasteiger partial charge in [0.25, 0.3) is 11.1 Å². The first-order valence-corrected chi connectivity index (χ1v) is 6.62. The molecule has 0 radical (unpaired) electrons. The number of ether oxygens (including phenoxy) is 1. The van der Waals surface area contributed by atoms with E-state index in [0.29, 0.717) is 0 Å². The second-order valence-corrected chi connectivity index (χ2v) is 5.09. The summed E-state index contributed by atoms with van der Waals surface area (Å²) in [6, 6.07) is 0. The van der Waals surface area contributed by atoms with Gasteiger partial charge >= 0.3 is 0 Å². The number of nitrogens with two attached hydrogens (primary N) is 1. The van der Waals surface area contributed by atoms with Gasteiger partial charge in [-0.2, -0.15) is 4.98 Å². The van der Waals surface area contributed by atoms with Gasteiger partial charge in [-0.1, -0.05) is 0 Å². The zero-order valence-electron chi connectivity index (χ0n) is 11.7. The maximum Gasteiger partial charge on any atom is 0.282 e. The minimum absolute atomic E-state index is 0.0103. The van der Waals surface area contributed by atoms with Gasteiger partial charge in [-0.15, -0.1) is 0 Å². The van der Waals surface area contributed by atoms with E-state index in [1.807, 2.05) is 0 Å². The molecule has 2 aromatic rings. The highest BCUT2D eigenvalue weighted by atomic mass is 16.5. The van der Waals surface area contributed by atoms with Gasteiger partial charge in [0.2, 0.25) is 5.95 Å². The molecule has 1 unspecified atom stereocenters. The van der Waals surface area contributed by atoms with E-state index in [-0.39, 0.29) is 30.1 Å². The molecule has 1 aliphatic rings. The lowest BCUT2D eigenvalue weighted by Gasteiger charge is -2.16. The van der Waals surface area contributed by atoms with E-state index in [9.17, 15) is 14.7 Å². The summed E-state index contributed by atoms with van der Waals surface area (Å²) in [5.74, 6) is -0.0732. The number of nitrogen functional groups attached to an aromatic ring is 1. The minimum atomic E-state index is -0.922. The summed E-state index contributed by atoms with van der Waals surface area (Å²) in [4.78, 5) is 32.1. The van der Waals surface area contributed by atoms with Gasteiger partial charge < -0.3 is 20.7 Å². The predicted octanol–water partition coefficient (Wildman–Crippen LogP) is -2.29. The van der Waals surface area contributed by atoms with Crippen molar-refractivity contribution in [1.82, 2.24) is 19.1 Å². The van der Waals surface area contributed by atoms with E-state index in [0.717, 1.165) is 15.3 Å². The number of hydrogen-bond donors (Lipinski definition) is 3. The molecule has 1 saturated heterocycles. The number of hydrogen-bond acceptors (Lipinski definition) is 8. The molecule has 10 nitrogen and oxygen atoms in total. The van der Waals surface area contributed by atoms with Crippen LogP contribution in [0.25, 0.3) is 11.2 Å². The van der Waals surface area contributed by atoms with Gasteiger partial charge in [-0.25, -0.2) is 4.98 Å². The normalized spacial score (nSPS) is 25.0. The Morgan fingerprint density at radius 1 is 1.50 bits per heavy atom. The van der Waals surface area contributed by atoms with Crippen molar-refractivity contribution >= 4 is 17.1 Å². The molecule has 1 aliphatic heterocycles. The number of rotatable bonds is 2. The summed E-state index contributed by atoms with van der Waals surface area (Å²) in [6.45, 7) is -0.382. The van der Waals surface area contributed by atoms with Gasteiger partial charge in [-0.05, 0) is 0 Å². The average Bonchev–Trinajstić information content (AvgIpc) is 2.85. The number of aliphatic hydroxyl groups is 2. The summed E-state index contributed by atoms with van der Waals surface area (Å²) >= 11 is 0. The summed E-state index contributed by atoms with van der Waals surface area (Å²) < 4.78 is 7.69. The second-order valence-electron chi connectivity index (χ2n) is 5.09. The molecule has 118 valence electrons. The van der Waals surface area contributed by atoms with Crippen LogP contribution in [0, 0.1) is 0 Å². The second kappa shape index (κ2) is 5.16. The SMILES string of the molecule is Cn1c(N)nc2c(ncc(=O)n2[C@H]2CC(O)[C@@H](CO)O2)c1=O. The van der Waals surface area contributed by atoms with Crippen molar-refractivity contribution in [1.29, 1.82) is 0 Å². The fourth-order valence-electron chi connectivity index (χ4n) is 2.48. The molecular formula is C12H15N5O5. The van der Waals surface area contributed by atoms with Crippen LogP contribution in [0.5, 0.6) is 0 Å². The highest BCUT2D eigenvalue weighted by Crippen LogP contribution is 2.28. The maximum absolute atomic E-state index is 12.1. The Labute approximate surface area is 123 Å². The van der Waals surface area contributed by atoms with Crippen molar-refractivity contribution in [3.8, 4) is 0 Å². The quantitative estimate of drug-likeness (QED) is 0.562. The van der Waals surface area contributed by atoms with Crippen LogP contribution in [-0.2, 0) is 11.8 Å². The van der Waals surface area contributed by atoms with Crippen LogP contribution in [0.2, 0.25) is 0 Å². The average molecular weight is 309 g/mol. The molecule has 2 aromatic heterocycles. The highest BCUT2D eigenvalue weighted by molar-refractivity contribution is 5.70. The van der Waals surface area contributed by atoms with E-state index < -0.39 is 29.6 Å². The molecule has 1 fully saturated rings. The van der Waals surface area contributed by atoms with Crippen molar-refractivity contribution < 1.29 is 14.9 Å². The first kappa shape index (κ1) is 14.6. The third-order valence-electron chi connectivity index (χ3n) is 3.72. The Balaban J connectivity index is 2.24. The summed E-state index contributed by atoms with van der Waals surface area (Å²) in [6.07, 6.45) is -1.51. The number of anilines is 1. The largest absolute Gasteiger partial charge is 0.394 e. The Bertz CT molecular complexity index is 844. The Kier molecular flexibility index (Phi) is 3.43. The third kappa shape index (κ3) is 2.08. The first-order valence-electron chi connectivity index (χ1n) is 6.62. The van der Waals surface area contributed by atoms with Gasteiger partial charge in [0.1, 0.15) is 12.3 Å². The lowest BCUT2D eigenvalue weighted by molar-refractivity contribution is -0.0442. The van der Waals surface area contributed by atoms with E-state index in [1.54, 1.807) is 0 Å². The summed E-state index contributed by atoms with van der Waals surface area (Å²) in [5.41, 5.74) is 4.60. The van der Waals surface area contributed by atoms with Gasteiger partial charge in [0, 0.05) is 13.5 Å². The summed E-state index contributed by atoms with van der Waals surface area (Å²) in [5, 5.41) is 18.9. The van der Waals surface area contributed by atoms with E-state index in [1.165, 1.54) is 7.05 Å². The topological polar surface area (TPSA) is 145 Å². The zero-order valence-corrected chi connectivity index (χ0v) is 11.7. The highest BCUT2D eigenvalue weighted by Gasteiger charge is 2.36. The van der Waals surface area contributed by atoms with Crippen LogP contribution in [0.4, 0.5) is 5.95 Å². The molecule has 22 heavy (non-hydrogen) atoms.